The minimum Gasteiger partial charge on any atom is -1.00 e. The zero-order valence-electron chi connectivity index (χ0n) is 15.3. The molecule has 0 saturated carbocycles. The fourth-order valence-electron chi connectivity index (χ4n) is 3.08. The van der Waals surface area contributed by atoms with E-state index in [1.165, 1.54) is 11.3 Å². The molecule has 0 spiro atoms. The lowest BCUT2D eigenvalue weighted by atomic mass is 10.1. The average molecular weight is 443 g/mol. The number of aryl methyl sites for hydroxylation is 2. The van der Waals surface area contributed by atoms with E-state index in [0.717, 1.165) is 38.0 Å². The van der Waals surface area contributed by atoms with Gasteiger partial charge in [0.2, 0.25) is 5.06 Å². The fraction of sp³-hybridized carbons (Fsp3) is 0.150. The van der Waals surface area contributed by atoms with Crippen molar-refractivity contribution in [2.24, 2.45) is 24.3 Å². The zero-order chi connectivity index (χ0) is 18.1. The summed E-state index contributed by atoms with van der Waals surface area (Å²) in [7, 11) is 5.66. The molecule has 2 aromatic heterocycles. The number of fused-ring (bicyclic) bond motifs is 1. The number of benzene rings is 2. The van der Waals surface area contributed by atoms with E-state index in [0.29, 0.717) is 0 Å². The molecule has 0 unspecified atom stereocenters. The van der Waals surface area contributed by atoms with E-state index in [9.17, 15) is 0 Å². The van der Waals surface area contributed by atoms with Gasteiger partial charge in [-0.1, -0.05) is 48.5 Å². The Morgan fingerprint density at radius 1 is 1.00 bits per heavy atom. The number of methoxy groups -OCH3 is 1. The van der Waals surface area contributed by atoms with Gasteiger partial charge in [-0.2, -0.15) is 0 Å². The van der Waals surface area contributed by atoms with Crippen LogP contribution in [-0.2, 0) is 14.1 Å². The second kappa shape index (κ2) is 8.02. The molecule has 0 fully saturated rings. The number of azo groups is 1. The molecule has 0 amide bonds. The van der Waals surface area contributed by atoms with Crippen molar-refractivity contribution >= 4 is 33.1 Å². The summed E-state index contributed by atoms with van der Waals surface area (Å²) in [4.78, 5) is 0. The van der Waals surface area contributed by atoms with Crippen LogP contribution in [0.15, 0.2) is 71.0 Å². The summed E-state index contributed by atoms with van der Waals surface area (Å²) in [6.45, 7) is 0. The number of hydrogen-bond acceptors (Lipinski definition) is 4. The zero-order valence-corrected chi connectivity index (χ0v) is 17.7. The minimum absolute atomic E-state index is 0. The molecule has 0 aliphatic heterocycles. The Morgan fingerprint density at radius 3 is 2.41 bits per heavy atom. The molecule has 0 aliphatic rings. The van der Waals surface area contributed by atoms with E-state index < -0.39 is 0 Å². The summed E-state index contributed by atoms with van der Waals surface area (Å²) in [5.41, 5.74) is 4.19. The lowest BCUT2D eigenvalue weighted by Gasteiger charge is -2.04. The largest absolute Gasteiger partial charge is 1.00 e. The van der Waals surface area contributed by atoms with Crippen molar-refractivity contribution in [1.29, 1.82) is 0 Å². The first kappa shape index (κ1) is 19.3. The second-order valence-electron chi connectivity index (χ2n) is 5.99. The minimum atomic E-state index is 0. The standard InChI is InChI=1S/C20H19N4OS.BrH/c1-23-13-17(25-3)26-20(23)22-21-18-15-11-7-8-12-16(15)24(2)19(18)14-9-5-4-6-10-14;/h4-13H,1-3H3;1H/q+1;/p-1. The molecular weight excluding hydrogens is 424 g/mol. The molecule has 138 valence electrons. The highest BCUT2D eigenvalue weighted by molar-refractivity contribution is 7.16. The van der Waals surface area contributed by atoms with Crippen LogP contribution in [0, 0.1) is 0 Å². The number of hydrogen-bond donors (Lipinski definition) is 0. The van der Waals surface area contributed by atoms with Crippen molar-refractivity contribution in [1.82, 2.24) is 4.57 Å². The summed E-state index contributed by atoms with van der Waals surface area (Å²) in [6.07, 6.45) is 1.90. The first-order valence-corrected chi connectivity index (χ1v) is 9.08. The Balaban J connectivity index is 0.00000210. The maximum Gasteiger partial charge on any atom is 0.411 e. The monoisotopic (exact) mass is 442 g/mol. The van der Waals surface area contributed by atoms with Gasteiger partial charge in [0.25, 0.3) is 0 Å². The molecular formula is C20H19BrN4OS. The van der Waals surface area contributed by atoms with Crippen molar-refractivity contribution in [2.75, 3.05) is 7.11 Å². The first-order chi connectivity index (χ1) is 12.7. The number of halogens is 1. The number of nitrogens with zero attached hydrogens (tertiary/aromatic N) is 4. The third-order valence-corrected chi connectivity index (χ3v) is 5.38. The van der Waals surface area contributed by atoms with Crippen LogP contribution in [-0.4, -0.2) is 11.7 Å². The van der Waals surface area contributed by atoms with Crippen molar-refractivity contribution in [3.8, 4) is 16.3 Å². The number of para-hydroxylation sites is 1. The van der Waals surface area contributed by atoms with Crippen LogP contribution in [0.3, 0.4) is 0 Å². The first-order valence-electron chi connectivity index (χ1n) is 8.27. The Labute approximate surface area is 172 Å². The van der Waals surface area contributed by atoms with Crippen LogP contribution in [0.4, 0.5) is 10.8 Å². The summed E-state index contributed by atoms with van der Waals surface area (Å²) >= 11 is 1.47. The maximum absolute atomic E-state index is 5.29. The highest BCUT2D eigenvalue weighted by Gasteiger charge is 2.19. The number of aromatic nitrogens is 2. The number of thiazole rings is 1. The SMILES string of the molecule is COc1c[n+](C)c(N=Nc2c(-c3ccccc3)n(C)c3ccccc23)s1.[Br-]. The van der Waals surface area contributed by atoms with Crippen molar-refractivity contribution in [2.45, 2.75) is 0 Å². The Bertz CT molecular complexity index is 1100. The van der Waals surface area contributed by atoms with Gasteiger partial charge in [-0.15, -0.1) is 0 Å². The van der Waals surface area contributed by atoms with Gasteiger partial charge in [-0.05, 0) is 22.5 Å². The molecule has 2 heterocycles. The lowest BCUT2D eigenvalue weighted by molar-refractivity contribution is -0.654. The molecule has 4 rings (SSSR count). The van der Waals surface area contributed by atoms with E-state index in [-0.39, 0.29) is 17.0 Å². The molecule has 0 aliphatic carbocycles. The van der Waals surface area contributed by atoms with Gasteiger partial charge in [0.15, 0.2) is 0 Å². The summed E-state index contributed by atoms with van der Waals surface area (Å²) in [5.74, 6) is 0. The predicted octanol–water partition coefficient (Wildman–Crippen LogP) is 2.16. The van der Waals surface area contributed by atoms with Crippen LogP contribution in [0.2, 0.25) is 0 Å². The molecule has 27 heavy (non-hydrogen) atoms. The smallest absolute Gasteiger partial charge is 0.411 e. The average Bonchev–Trinajstić information content (AvgIpc) is 3.18. The normalized spacial score (nSPS) is 11.1. The summed E-state index contributed by atoms with van der Waals surface area (Å²) < 4.78 is 9.38. The van der Waals surface area contributed by atoms with Gasteiger partial charge in [-0.25, -0.2) is 4.57 Å². The predicted molar refractivity (Wildman–Crippen MR) is 105 cm³/mol. The molecule has 4 aromatic rings. The molecule has 0 bridgehead atoms. The molecule has 0 radical (unpaired) electrons. The van der Waals surface area contributed by atoms with Crippen LogP contribution in [0.25, 0.3) is 22.2 Å². The second-order valence-corrected chi connectivity index (χ2v) is 6.96. The third kappa shape index (κ3) is 3.52. The molecule has 2 aromatic carbocycles. The number of rotatable bonds is 4. The van der Waals surface area contributed by atoms with Gasteiger partial charge in [0.05, 0.1) is 30.5 Å². The van der Waals surface area contributed by atoms with Gasteiger partial charge in [0.1, 0.15) is 11.9 Å². The van der Waals surface area contributed by atoms with Crippen molar-refractivity contribution in [3.05, 3.63) is 60.8 Å². The quantitative estimate of drug-likeness (QED) is 0.352. The van der Waals surface area contributed by atoms with Crippen LogP contribution in [0.1, 0.15) is 0 Å². The summed E-state index contributed by atoms with van der Waals surface area (Å²) in [6, 6.07) is 18.6. The van der Waals surface area contributed by atoms with Gasteiger partial charge in [-0.3, -0.25) is 0 Å². The van der Waals surface area contributed by atoms with Crippen molar-refractivity contribution < 1.29 is 26.3 Å². The Kier molecular flexibility index (Phi) is 5.72. The van der Waals surface area contributed by atoms with Crippen LogP contribution >= 0.6 is 11.3 Å². The molecule has 0 saturated heterocycles. The molecule has 5 nitrogen and oxygen atoms in total. The number of ether oxygens (including phenoxy) is 1. The molecule has 0 atom stereocenters. The van der Waals surface area contributed by atoms with E-state index in [1.807, 2.05) is 48.1 Å². The van der Waals surface area contributed by atoms with E-state index >= 15 is 0 Å². The fourth-order valence-corrected chi connectivity index (χ4v) is 3.83. The Hall–Kier alpha value is -2.51. The molecule has 0 N–H and O–H groups in total. The molecule has 7 heteroatoms. The van der Waals surface area contributed by atoms with E-state index in [1.54, 1.807) is 7.11 Å². The lowest BCUT2D eigenvalue weighted by Crippen LogP contribution is -3.00. The Morgan fingerprint density at radius 2 is 1.70 bits per heavy atom. The topological polar surface area (TPSA) is 42.8 Å². The summed E-state index contributed by atoms with van der Waals surface area (Å²) in [5, 5.41) is 11.8. The highest BCUT2D eigenvalue weighted by Crippen LogP contribution is 2.40. The third-order valence-electron chi connectivity index (χ3n) is 4.36. The van der Waals surface area contributed by atoms with Gasteiger partial charge in [0, 0.05) is 18.0 Å². The van der Waals surface area contributed by atoms with E-state index in [2.05, 4.69) is 46.1 Å². The van der Waals surface area contributed by atoms with Gasteiger partial charge < -0.3 is 26.3 Å². The van der Waals surface area contributed by atoms with Gasteiger partial charge >= 0.3 is 5.13 Å². The van der Waals surface area contributed by atoms with Crippen molar-refractivity contribution in [3.63, 3.8) is 0 Å². The van der Waals surface area contributed by atoms with E-state index in [4.69, 9.17) is 4.74 Å². The van der Waals surface area contributed by atoms with Crippen LogP contribution < -0.4 is 26.3 Å². The van der Waals surface area contributed by atoms with Crippen LogP contribution in [0.5, 0.6) is 5.06 Å². The maximum atomic E-state index is 5.29. The highest BCUT2D eigenvalue weighted by atomic mass is 79.9.